The number of carboxylic acid groups (broad SMARTS) is 1. The van der Waals surface area contributed by atoms with E-state index >= 15 is 0 Å². The maximum absolute atomic E-state index is 13.1. The second kappa shape index (κ2) is 7.42. The lowest BCUT2D eigenvalue weighted by Gasteiger charge is -2.11. The van der Waals surface area contributed by atoms with Crippen LogP contribution >= 0.6 is 0 Å². The summed E-state index contributed by atoms with van der Waals surface area (Å²) < 4.78 is 13.1. The number of nitrogens with zero attached hydrogens (tertiary/aromatic N) is 1. The number of nitro groups is 1. The third-order valence-corrected chi connectivity index (χ3v) is 2.96. The topological polar surface area (TPSA) is 92.5 Å². The molecular weight excluding hydrogens is 267 g/mol. The summed E-state index contributed by atoms with van der Waals surface area (Å²) in [4.78, 5) is 20.6. The van der Waals surface area contributed by atoms with Crippen LogP contribution < -0.4 is 5.32 Å². The van der Waals surface area contributed by atoms with Crippen molar-refractivity contribution in [3.8, 4) is 0 Å². The first-order chi connectivity index (χ1) is 9.40. The van der Waals surface area contributed by atoms with Gasteiger partial charge in [0.25, 0.3) is 5.69 Å². The predicted molar refractivity (Wildman–Crippen MR) is 72.2 cm³/mol. The highest BCUT2D eigenvalue weighted by Crippen LogP contribution is 2.25. The molecule has 1 aromatic carbocycles. The largest absolute Gasteiger partial charge is 0.481 e. The molecular formula is C13H17FN2O4. The van der Waals surface area contributed by atoms with Crippen molar-refractivity contribution in [1.82, 2.24) is 0 Å². The van der Waals surface area contributed by atoms with Crippen molar-refractivity contribution in [2.45, 2.75) is 26.2 Å². The molecule has 1 aromatic rings. The van der Waals surface area contributed by atoms with E-state index in [1.165, 1.54) is 0 Å². The number of anilines is 1. The molecule has 2 N–H and O–H groups in total. The monoisotopic (exact) mass is 284 g/mol. The summed E-state index contributed by atoms with van der Waals surface area (Å²) in [6, 6.07) is 3.24. The number of benzene rings is 1. The molecule has 20 heavy (non-hydrogen) atoms. The average molecular weight is 284 g/mol. The molecule has 6 nitrogen and oxygen atoms in total. The van der Waals surface area contributed by atoms with Crippen LogP contribution in [0.15, 0.2) is 18.2 Å². The Morgan fingerprint density at radius 3 is 2.80 bits per heavy atom. The lowest BCUT2D eigenvalue weighted by molar-refractivity contribution is -0.384. The van der Waals surface area contributed by atoms with Crippen LogP contribution in [0.25, 0.3) is 0 Å². The van der Waals surface area contributed by atoms with Gasteiger partial charge in [0.1, 0.15) is 11.5 Å². The van der Waals surface area contributed by atoms with Gasteiger partial charge < -0.3 is 10.4 Å². The number of hydrogen-bond acceptors (Lipinski definition) is 4. The Morgan fingerprint density at radius 1 is 1.50 bits per heavy atom. The molecule has 0 aliphatic heterocycles. The van der Waals surface area contributed by atoms with Crippen molar-refractivity contribution in [2.24, 2.45) is 5.92 Å². The lowest BCUT2D eigenvalue weighted by Crippen LogP contribution is -2.09. The zero-order valence-electron chi connectivity index (χ0n) is 11.1. The van der Waals surface area contributed by atoms with Gasteiger partial charge in [0.15, 0.2) is 0 Å². The van der Waals surface area contributed by atoms with Crippen LogP contribution in [-0.2, 0) is 4.79 Å². The van der Waals surface area contributed by atoms with Crippen LogP contribution in [-0.4, -0.2) is 22.5 Å². The van der Waals surface area contributed by atoms with E-state index in [1.54, 1.807) is 0 Å². The van der Waals surface area contributed by atoms with Gasteiger partial charge in [-0.3, -0.25) is 14.9 Å². The van der Waals surface area contributed by atoms with E-state index in [2.05, 4.69) is 5.32 Å². The lowest BCUT2D eigenvalue weighted by atomic mass is 10.0. The minimum atomic E-state index is -0.842. The molecule has 1 rings (SSSR count). The molecule has 0 saturated carbocycles. The first kappa shape index (κ1) is 15.9. The van der Waals surface area contributed by atoms with E-state index in [4.69, 9.17) is 5.11 Å². The number of nitro benzene ring substituents is 1. The molecule has 0 aromatic heterocycles. The fourth-order valence-electron chi connectivity index (χ4n) is 1.78. The molecule has 0 aliphatic rings. The Labute approximate surface area is 115 Å². The third kappa shape index (κ3) is 5.21. The Balaban J connectivity index is 2.51. The van der Waals surface area contributed by atoms with Crippen molar-refractivity contribution in [3.05, 3.63) is 34.1 Å². The SMILES string of the molecule is CC(CCNc1cc(F)ccc1[N+](=O)[O-])CCC(=O)O. The van der Waals surface area contributed by atoms with Gasteiger partial charge >= 0.3 is 5.97 Å². The molecule has 110 valence electrons. The van der Waals surface area contributed by atoms with Crippen molar-refractivity contribution in [1.29, 1.82) is 0 Å². The molecule has 0 heterocycles. The number of carboxylic acids is 1. The van der Waals surface area contributed by atoms with Crippen LogP contribution in [0.4, 0.5) is 15.8 Å². The van der Waals surface area contributed by atoms with Gasteiger partial charge in [-0.25, -0.2) is 4.39 Å². The van der Waals surface area contributed by atoms with Crippen LogP contribution in [0.3, 0.4) is 0 Å². The van der Waals surface area contributed by atoms with Gasteiger partial charge in [-0.15, -0.1) is 0 Å². The minimum absolute atomic E-state index is 0.0985. The zero-order chi connectivity index (χ0) is 15.1. The molecule has 7 heteroatoms. The number of nitrogens with one attached hydrogen (secondary N) is 1. The molecule has 1 atom stereocenters. The van der Waals surface area contributed by atoms with Crippen LogP contribution in [0, 0.1) is 21.8 Å². The standard InChI is InChI=1S/C13H17FN2O4/c1-9(2-5-13(17)18)6-7-15-11-8-10(14)3-4-12(11)16(19)20/h3-4,8-9,15H,2,5-7H2,1H3,(H,17,18). The number of halogens is 1. The van der Waals surface area contributed by atoms with Gasteiger partial charge in [-0.05, 0) is 24.8 Å². The van der Waals surface area contributed by atoms with Crippen molar-refractivity contribution in [2.75, 3.05) is 11.9 Å². The van der Waals surface area contributed by atoms with E-state index in [0.717, 1.165) is 18.2 Å². The van der Waals surface area contributed by atoms with Gasteiger partial charge in [0.05, 0.1) is 4.92 Å². The molecule has 0 aliphatic carbocycles. The van der Waals surface area contributed by atoms with Gasteiger partial charge in [-0.1, -0.05) is 6.92 Å². The number of carbonyl (C=O) groups is 1. The van der Waals surface area contributed by atoms with Gasteiger partial charge in [0, 0.05) is 25.1 Å². The summed E-state index contributed by atoms with van der Waals surface area (Å²) in [5, 5.41) is 22.2. The summed E-state index contributed by atoms with van der Waals surface area (Å²) in [6.07, 6.45) is 1.30. The Morgan fingerprint density at radius 2 is 2.20 bits per heavy atom. The van der Waals surface area contributed by atoms with Gasteiger partial charge in [0.2, 0.25) is 0 Å². The molecule has 0 fully saturated rings. The highest BCUT2D eigenvalue weighted by Gasteiger charge is 2.14. The Bertz CT molecular complexity index is 493. The van der Waals surface area contributed by atoms with Gasteiger partial charge in [-0.2, -0.15) is 0 Å². The smallest absolute Gasteiger partial charge is 0.303 e. The second-order valence-corrected chi connectivity index (χ2v) is 4.67. The first-order valence-electron chi connectivity index (χ1n) is 6.29. The normalized spacial score (nSPS) is 11.9. The maximum atomic E-state index is 13.1. The van der Waals surface area contributed by atoms with Crippen molar-refractivity contribution in [3.63, 3.8) is 0 Å². The minimum Gasteiger partial charge on any atom is -0.481 e. The fourth-order valence-corrected chi connectivity index (χ4v) is 1.78. The number of aliphatic carboxylic acids is 1. The molecule has 1 unspecified atom stereocenters. The summed E-state index contributed by atoms with van der Waals surface area (Å²) in [7, 11) is 0. The van der Waals surface area contributed by atoms with E-state index in [9.17, 15) is 19.3 Å². The number of rotatable bonds is 8. The average Bonchev–Trinajstić information content (AvgIpc) is 2.36. The Kier molecular flexibility index (Phi) is 5.89. The fraction of sp³-hybridized carbons (Fsp3) is 0.462. The molecule has 0 radical (unpaired) electrons. The maximum Gasteiger partial charge on any atom is 0.303 e. The summed E-state index contributed by atoms with van der Waals surface area (Å²) in [6.45, 7) is 2.33. The summed E-state index contributed by atoms with van der Waals surface area (Å²) in [5.41, 5.74) is -0.0370. The van der Waals surface area contributed by atoms with E-state index in [0.29, 0.717) is 19.4 Å². The highest BCUT2D eigenvalue weighted by molar-refractivity contribution is 5.66. The molecule has 0 spiro atoms. The predicted octanol–water partition coefficient (Wildman–Crippen LogP) is 3.04. The molecule has 0 amide bonds. The quantitative estimate of drug-likeness (QED) is 0.565. The highest BCUT2D eigenvalue weighted by atomic mass is 19.1. The van der Waals surface area contributed by atoms with Crippen molar-refractivity contribution < 1.29 is 19.2 Å². The van der Waals surface area contributed by atoms with Crippen LogP contribution in [0.5, 0.6) is 0 Å². The molecule has 0 bridgehead atoms. The van der Waals surface area contributed by atoms with Crippen molar-refractivity contribution >= 4 is 17.3 Å². The Hall–Kier alpha value is -2.18. The summed E-state index contributed by atoms with van der Waals surface area (Å²) >= 11 is 0. The van der Waals surface area contributed by atoms with Crippen LogP contribution in [0.1, 0.15) is 26.2 Å². The molecule has 0 saturated heterocycles. The summed E-state index contributed by atoms with van der Waals surface area (Å²) in [5.74, 6) is -1.21. The van der Waals surface area contributed by atoms with Crippen LogP contribution in [0.2, 0.25) is 0 Å². The zero-order valence-corrected chi connectivity index (χ0v) is 11.1. The third-order valence-electron chi connectivity index (χ3n) is 2.96. The second-order valence-electron chi connectivity index (χ2n) is 4.67. The van der Waals surface area contributed by atoms with E-state index in [1.807, 2.05) is 6.92 Å². The number of hydrogen-bond donors (Lipinski definition) is 2. The van der Waals surface area contributed by atoms with E-state index in [-0.39, 0.29) is 23.7 Å². The first-order valence-corrected chi connectivity index (χ1v) is 6.29. The van der Waals surface area contributed by atoms with E-state index < -0.39 is 16.7 Å².